The number of methoxy groups -OCH3 is 1. The van der Waals surface area contributed by atoms with Gasteiger partial charge in [-0.2, -0.15) is 4.31 Å². The van der Waals surface area contributed by atoms with Crippen molar-refractivity contribution in [2.75, 3.05) is 26.0 Å². The molecule has 0 atom stereocenters. The van der Waals surface area contributed by atoms with E-state index < -0.39 is 22.5 Å². The number of hydrogen-bond acceptors (Lipinski definition) is 5. The maximum absolute atomic E-state index is 12.9. The molecule has 9 heteroatoms. The molecule has 0 radical (unpaired) electrons. The van der Waals surface area contributed by atoms with Crippen molar-refractivity contribution < 1.29 is 22.7 Å². The molecule has 0 spiro atoms. The van der Waals surface area contributed by atoms with Gasteiger partial charge in [0.2, 0.25) is 15.9 Å². The highest BCUT2D eigenvalue weighted by Gasteiger charge is 2.27. The predicted molar refractivity (Wildman–Crippen MR) is 119 cm³/mol. The van der Waals surface area contributed by atoms with E-state index in [4.69, 9.17) is 21.1 Å². The van der Waals surface area contributed by atoms with Crippen molar-refractivity contribution in [3.63, 3.8) is 0 Å². The van der Waals surface area contributed by atoms with E-state index in [-0.39, 0.29) is 15.7 Å². The number of halogens is 1. The predicted octanol–water partition coefficient (Wildman–Crippen LogP) is 4.40. The zero-order valence-electron chi connectivity index (χ0n) is 16.9. The van der Waals surface area contributed by atoms with E-state index in [1.54, 1.807) is 36.4 Å². The molecule has 0 fully saturated rings. The first-order valence-electron chi connectivity index (χ1n) is 9.23. The Morgan fingerprint density at radius 2 is 1.68 bits per heavy atom. The van der Waals surface area contributed by atoms with Gasteiger partial charge in [0.1, 0.15) is 16.4 Å². The molecule has 0 aliphatic rings. The monoisotopic (exact) mass is 460 g/mol. The van der Waals surface area contributed by atoms with E-state index >= 15 is 0 Å². The van der Waals surface area contributed by atoms with Crippen LogP contribution in [0.3, 0.4) is 0 Å². The van der Waals surface area contributed by atoms with Gasteiger partial charge in [-0.1, -0.05) is 41.9 Å². The number of carbonyl (C=O) groups excluding carboxylic acids is 1. The highest BCUT2D eigenvalue weighted by Crippen LogP contribution is 2.30. The van der Waals surface area contributed by atoms with E-state index in [0.717, 1.165) is 4.31 Å². The summed E-state index contributed by atoms with van der Waals surface area (Å²) in [6, 6.07) is 20.3. The molecule has 0 heterocycles. The molecule has 3 aromatic rings. The van der Waals surface area contributed by atoms with Gasteiger partial charge in [-0.15, -0.1) is 0 Å². The van der Waals surface area contributed by atoms with Gasteiger partial charge in [-0.05, 0) is 42.5 Å². The van der Waals surface area contributed by atoms with Crippen LogP contribution in [0.2, 0.25) is 5.02 Å². The summed E-state index contributed by atoms with van der Waals surface area (Å²) in [6.07, 6.45) is 0. The summed E-state index contributed by atoms with van der Waals surface area (Å²) in [6.45, 7) is -0.419. The summed E-state index contributed by atoms with van der Waals surface area (Å²) in [5, 5.41) is 2.94. The molecule has 0 saturated carbocycles. The van der Waals surface area contributed by atoms with Gasteiger partial charge in [-0.3, -0.25) is 4.79 Å². The molecule has 0 aliphatic heterocycles. The molecule has 3 rings (SSSR count). The summed E-state index contributed by atoms with van der Waals surface area (Å²) < 4.78 is 37.8. The Morgan fingerprint density at radius 3 is 2.39 bits per heavy atom. The quantitative estimate of drug-likeness (QED) is 0.538. The molecule has 1 N–H and O–H groups in total. The summed E-state index contributed by atoms with van der Waals surface area (Å²) in [5.74, 6) is 0.649. The number of benzene rings is 3. The number of sulfonamides is 1. The lowest BCUT2D eigenvalue weighted by atomic mass is 10.3. The van der Waals surface area contributed by atoms with Gasteiger partial charge in [0.15, 0.2) is 5.75 Å². The molecule has 0 unspecified atom stereocenters. The Labute approximate surface area is 186 Å². The number of amides is 1. The average Bonchev–Trinajstić information content (AvgIpc) is 2.75. The number of hydrogen-bond donors (Lipinski definition) is 1. The van der Waals surface area contributed by atoms with Gasteiger partial charge >= 0.3 is 0 Å². The third kappa shape index (κ3) is 5.55. The maximum atomic E-state index is 12.9. The lowest BCUT2D eigenvalue weighted by Gasteiger charge is -2.19. The van der Waals surface area contributed by atoms with E-state index in [1.807, 2.05) is 18.2 Å². The van der Waals surface area contributed by atoms with Crippen molar-refractivity contribution in [3.05, 3.63) is 77.8 Å². The van der Waals surface area contributed by atoms with Crippen molar-refractivity contribution in [2.24, 2.45) is 0 Å². The lowest BCUT2D eigenvalue weighted by molar-refractivity contribution is -0.116. The van der Waals surface area contributed by atoms with Crippen LogP contribution in [0, 0.1) is 0 Å². The third-order valence-electron chi connectivity index (χ3n) is 4.31. The van der Waals surface area contributed by atoms with Gasteiger partial charge in [0.05, 0.1) is 19.3 Å². The van der Waals surface area contributed by atoms with E-state index in [0.29, 0.717) is 17.2 Å². The molecule has 31 heavy (non-hydrogen) atoms. The Bertz CT molecular complexity index is 1170. The van der Waals surface area contributed by atoms with E-state index in [1.165, 1.54) is 32.4 Å². The van der Waals surface area contributed by atoms with Gasteiger partial charge in [-0.25, -0.2) is 8.42 Å². The molecule has 3 aromatic carbocycles. The summed E-state index contributed by atoms with van der Waals surface area (Å²) in [7, 11) is -1.35. The molecule has 0 aliphatic carbocycles. The lowest BCUT2D eigenvalue weighted by Crippen LogP contribution is -2.35. The second-order valence-corrected chi connectivity index (χ2v) is 8.97. The van der Waals surface area contributed by atoms with Crippen LogP contribution in [0.25, 0.3) is 0 Å². The Balaban J connectivity index is 1.75. The fourth-order valence-electron chi connectivity index (χ4n) is 2.77. The largest absolute Gasteiger partial charge is 0.495 e. The maximum Gasteiger partial charge on any atom is 0.247 e. The van der Waals surface area contributed by atoms with Crippen molar-refractivity contribution in [1.82, 2.24) is 4.31 Å². The third-order valence-corrected chi connectivity index (χ3v) is 6.37. The molecular formula is C22H21ClN2O5S. The fraction of sp³-hybridized carbons (Fsp3) is 0.136. The van der Waals surface area contributed by atoms with Crippen LogP contribution in [0.4, 0.5) is 5.69 Å². The van der Waals surface area contributed by atoms with Crippen LogP contribution in [0.1, 0.15) is 0 Å². The minimum Gasteiger partial charge on any atom is -0.495 e. The highest BCUT2D eigenvalue weighted by molar-refractivity contribution is 7.89. The van der Waals surface area contributed by atoms with Gasteiger partial charge < -0.3 is 14.8 Å². The van der Waals surface area contributed by atoms with Crippen molar-refractivity contribution >= 4 is 33.2 Å². The number of anilines is 1. The average molecular weight is 461 g/mol. The smallest absolute Gasteiger partial charge is 0.247 e. The molecule has 7 nitrogen and oxygen atoms in total. The highest BCUT2D eigenvalue weighted by atomic mass is 35.5. The first-order valence-corrected chi connectivity index (χ1v) is 11.0. The van der Waals surface area contributed by atoms with Crippen molar-refractivity contribution in [2.45, 2.75) is 4.90 Å². The van der Waals surface area contributed by atoms with Gasteiger partial charge in [0, 0.05) is 12.1 Å². The number of rotatable bonds is 8. The minimum absolute atomic E-state index is 0.120. The van der Waals surface area contributed by atoms with Crippen LogP contribution in [-0.2, 0) is 14.8 Å². The van der Waals surface area contributed by atoms with E-state index in [2.05, 4.69) is 5.32 Å². The van der Waals surface area contributed by atoms with Crippen LogP contribution < -0.4 is 14.8 Å². The SMILES string of the molecule is COc1ccc(Cl)cc1S(=O)(=O)N(C)CC(=O)Nc1ccccc1Oc1ccccc1. The van der Waals surface area contributed by atoms with Crippen LogP contribution >= 0.6 is 11.6 Å². The molecule has 0 aromatic heterocycles. The summed E-state index contributed by atoms with van der Waals surface area (Å²) in [5.41, 5.74) is 0.419. The first-order chi connectivity index (χ1) is 14.8. The van der Waals surface area contributed by atoms with E-state index in [9.17, 15) is 13.2 Å². The molecule has 162 valence electrons. The molecular weight excluding hydrogens is 440 g/mol. The molecule has 0 saturated heterocycles. The number of nitrogens with zero attached hydrogens (tertiary/aromatic N) is 1. The first kappa shape index (κ1) is 22.6. The van der Waals surface area contributed by atoms with Crippen LogP contribution in [0.5, 0.6) is 17.2 Å². The Morgan fingerprint density at radius 1 is 1.00 bits per heavy atom. The van der Waals surface area contributed by atoms with Gasteiger partial charge in [0.25, 0.3) is 0 Å². The fourth-order valence-corrected chi connectivity index (χ4v) is 4.31. The molecule has 1 amide bonds. The normalized spacial score (nSPS) is 11.2. The topological polar surface area (TPSA) is 84.9 Å². The number of nitrogens with one attached hydrogen (secondary N) is 1. The second kappa shape index (κ2) is 9.82. The zero-order chi connectivity index (χ0) is 22.4. The number of para-hydroxylation sites is 3. The Kier molecular flexibility index (Phi) is 7.17. The Hall–Kier alpha value is -3.07. The van der Waals surface area contributed by atoms with Crippen LogP contribution in [-0.4, -0.2) is 39.3 Å². The molecule has 0 bridgehead atoms. The summed E-state index contributed by atoms with van der Waals surface area (Å²) in [4.78, 5) is 12.5. The van der Waals surface area contributed by atoms with Crippen molar-refractivity contribution in [3.8, 4) is 17.2 Å². The second-order valence-electron chi connectivity index (χ2n) is 6.52. The minimum atomic E-state index is -4.02. The summed E-state index contributed by atoms with van der Waals surface area (Å²) >= 11 is 5.95. The van der Waals surface area contributed by atoms with Crippen molar-refractivity contribution in [1.29, 1.82) is 0 Å². The zero-order valence-corrected chi connectivity index (χ0v) is 18.5. The number of ether oxygens (including phenoxy) is 2. The standard InChI is InChI=1S/C22H21ClN2O5S/c1-25(31(27,28)21-14-16(23)12-13-20(21)29-2)15-22(26)24-18-10-6-7-11-19(18)30-17-8-4-3-5-9-17/h3-14H,15H2,1-2H3,(H,24,26). The number of carbonyl (C=O) groups is 1. The van der Waals surface area contributed by atoms with Crippen LogP contribution in [0.15, 0.2) is 77.7 Å². The number of likely N-dealkylation sites (N-methyl/N-ethyl adjacent to an activating group) is 1.